The molecule has 18 heavy (non-hydrogen) atoms. The lowest BCUT2D eigenvalue weighted by molar-refractivity contribution is 0.497. The molecule has 1 aliphatic carbocycles. The lowest BCUT2D eigenvalue weighted by atomic mass is 9.84. The van der Waals surface area contributed by atoms with E-state index < -0.39 is 0 Å². The van der Waals surface area contributed by atoms with Gasteiger partial charge in [0.2, 0.25) is 0 Å². The van der Waals surface area contributed by atoms with Gasteiger partial charge in [0.15, 0.2) is 0 Å². The SMILES string of the molecule is CNC1CCc2c(cccc2-c2cnn(C)c2)C1. The smallest absolute Gasteiger partial charge is 0.0568 e. The fraction of sp³-hybridized carbons (Fsp3) is 0.400. The molecule has 0 fully saturated rings. The number of nitrogens with zero attached hydrogens (tertiary/aromatic N) is 2. The highest BCUT2D eigenvalue weighted by molar-refractivity contribution is 5.68. The molecule has 1 N–H and O–H groups in total. The van der Waals surface area contributed by atoms with Gasteiger partial charge in [-0.15, -0.1) is 0 Å². The largest absolute Gasteiger partial charge is 0.317 e. The van der Waals surface area contributed by atoms with Crippen molar-refractivity contribution in [3.63, 3.8) is 0 Å². The summed E-state index contributed by atoms with van der Waals surface area (Å²) in [7, 11) is 4.02. The Hall–Kier alpha value is -1.61. The number of hydrogen-bond donors (Lipinski definition) is 1. The summed E-state index contributed by atoms with van der Waals surface area (Å²) >= 11 is 0. The molecule has 3 heteroatoms. The summed E-state index contributed by atoms with van der Waals surface area (Å²) in [6.45, 7) is 0. The van der Waals surface area contributed by atoms with Crippen LogP contribution in [0.1, 0.15) is 17.5 Å². The Balaban J connectivity index is 2.03. The van der Waals surface area contributed by atoms with E-state index >= 15 is 0 Å². The van der Waals surface area contributed by atoms with E-state index in [4.69, 9.17) is 0 Å². The maximum Gasteiger partial charge on any atom is 0.0568 e. The molecule has 1 aliphatic rings. The van der Waals surface area contributed by atoms with E-state index in [1.807, 2.05) is 17.9 Å². The molecule has 2 aromatic rings. The first-order valence-corrected chi connectivity index (χ1v) is 6.55. The molecule has 1 aromatic heterocycles. The third-order valence-electron chi connectivity index (χ3n) is 3.91. The van der Waals surface area contributed by atoms with Crippen LogP contribution in [0.4, 0.5) is 0 Å². The van der Waals surface area contributed by atoms with E-state index in [0.29, 0.717) is 6.04 Å². The van der Waals surface area contributed by atoms with Gasteiger partial charge in [-0.3, -0.25) is 4.68 Å². The predicted octanol–water partition coefficient (Wildman–Crippen LogP) is 2.16. The second kappa shape index (κ2) is 4.58. The van der Waals surface area contributed by atoms with E-state index in [2.05, 4.69) is 41.9 Å². The van der Waals surface area contributed by atoms with Crippen LogP contribution in [-0.4, -0.2) is 22.9 Å². The summed E-state index contributed by atoms with van der Waals surface area (Å²) in [4.78, 5) is 0. The zero-order valence-corrected chi connectivity index (χ0v) is 11.0. The number of likely N-dealkylation sites (N-methyl/N-ethyl adjacent to an activating group) is 1. The highest BCUT2D eigenvalue weighted by Crippen LogP contribution is 2.31. The van der Waals surface area contributed by atoms with Crippen molar-refractivity contribution in [2.75, 3.05) is 7.05 Å². The van der Waals surface area contributed by atoms with Gasteiger partial charge in [-0.2, -0.15) is 5.10 Å². The third kappa shape index (κ3) is 1.95. The van der Waals surface area contributed by atoms with E-state index in [-0.39, 0.29) is 0 Å². The normalized spacial score (nSPS) is 18.7. The summed E-state index contributed by atoms with van der Waals surface area (Å²) in [5.41, 5.74) is 5.59. The fourth-order valence-electron chi connectivity index (χ4n) is 2.88. The van der Waals surface area contributed by atoms with E-state index in [9.17, 15) is 0 Å². The third-order valence-corrected chi connectivity index (χ3v) is 3.91. The lowest BCUT2D eigenvalue weighted by Crippen LogP contribution is -2.31. The summed E-state index contributed by atoms with van der Waals surface area (Å²) in [5.74, 6) is 0. The molecule has 0 radical (unpaired) electrons. The van der Waals surface area contributed by atoms with Crippen LogP contribution in [0.25, 0.3) is 11.1 Å². The van der Waals surface area contributed by atoms with Crippen molar-refractivity contribution < 1.29 is 0 Å². The van der Waals surface area contributed by atoms with Gasteiger partial charge in [0.05, 0.1) is 6.20 Å². The minimum atomic E-state index is 0.627. The van der Waals surface area contributed by atoms with Crippen LogP contribution in [-0.2, 0) is 19.9 Å². The molecule has 1 aromatic carbocycles. The van der Waals surface area contributed by atoms with Crippen molar-refractivity contribution >= 4 is 0 Å². The Morgan fingerprint density at radius 1 is 1.39 bits per heavy atom. The van der Waals surface area contributed by atoms with Crippen LogP contribution in [0.3, 0.4) is 0 Å². The predicted molar refractivity (Wildman–Crippen MR) is 73.5 cm³/mol. The summed E-state index contributed by atoms with van der Waals surface area (Å²) < 4.78 is 1.87. The molecule has 1 atom stereocenters. The van der Waals surface area contributed by atoms with E-state index in [1.54, 1.807) is 0 Å². The Kier molecular flexibility index (Phi) is 2.92. The number of aryl methyl sites for hydroxylation is 1. The number of rotatable bonds is 2. The lowest BCUT2D eigenvalue weighted by Gasteiger charge is -2.25. The van der Waals surface area contributed by atoms with Crippen LogP contribution in [0, 0.1) is 0 Å². The van der Waals surface area contributed by atoms with E-state index in [0.717, 1.165) is 12.8 Å². The number of hydrogen-bond acceptors (Lipinski definition) is 2. The fourth-order valence-corrected chi connectivity index (χ4v) is 2.88. The zero-order chi connectivity index (χ0) is 12.5. The van der Waals surface area contributed by atoms with Crippen LogP contribution in [0.2, 0.25) is 0 Å². The van der Waals surface area contributed by atoms with Gasteiger partial charge in [0, 0.05) is 24.8 Å². The van der Waals surface area contributed by atoms with Gasteiger partial charge in [-0.05, 0) is 43.0 Å². The van der Waals surface area contributed by atoms with Crippen molar-refractivity contribution in [3.8, 4) is 11.1 Å². The highest BCUT2D eigenvalue weighted by Gasteiger charge is 2.20. The molecule has 0 saturated carbocycles. The summed E-state index contributed by atoms with van der Waals surface area (Å²) in [6.07, 6.45) is 7.58. The van der Waals surface area contributed by atoms with Gasteiger partial charge < -0.3 is 5.32 Å². The van der Waals surface area contributed by atoms with Crippen molar-refractivity contribution in [3.05, 3.63) is 41.7 Å². The van der Waals surface area contributed by atoms with Crippen molar-refractivity contribution in [2.45, 2.75) is 25.3 Å². The van der Waals surface area contributed by atoms with Crippen LogP contribution in [0.5, 0.6) is 0 Å². The Labute approximate surface area is 108 Å². The second-order valence-corrected chi connectivity index (χ2v) is 5.07. The first kappa shape index (κ1) is 11.5. The Morgan fingerprint density at radius 3 is 3.00 bits per heavy atom. The molecular weight excluding hydrogens is 222 g/mol. The Morgan fingerprint density at radius 2 is 2.28 bits per heavy atom. The molecule has 3 nitrogen and oxygen atoms in total. The number of fused-ring (bicyclic) bond motifs is 1. The molecule has 94 valence electrons. The quantitative estimate of drug-likeness (QED) is 0.873. The maximum absolute atomic E-state index is 4.28. The molecule has 0 bridgehead atoms. The highest BCUT2D eigenvalue weighted by atomic mass is 15.2. The summed E-state index contributed by atoms with van der Waals surface area (Å²) in [6, 6.07) is 7.27. The van der Waals surface area contributed by atoms with Crippen molar-refractivity contribution in [2.24, 2.45) is 7.05 Å². The first-order valence-electron chi connectivity index (χ1n) is 6.55. The average molecular weight is 241 g/mol. The minimum Gasteiger partial charge on any atom is -0.317 e. The van der Waals surface area contributed by atoms with Crippen LogP contribution in [0.15, 0.2) is 30.6 Å². The molecule has 0 saturated heterocycles. The first-order chi connectivity index (χ1) is 8.78. The van der Waals surface area contributed by atoms with Gasteiger partial charge >= 0.3 is 0 Å². The van der Waals surface area contributed by atoms with E-state index in [1.165, 1.54) is 28.7 Å². The van der Waals surface area contributed by atoms with Gasteiger partial charge in [0.25, 0.3) is 0 Å². The summed E-state index contributed by atoms with van der Waals surface area (Å²) in [5, 5.41) is 7.67. The van der Waals surface area contributed by atoms with Gasteiger partial charge in [0.1, 0.15) is 0 Å². The minimum absolute atomic E-state index is 0.627. The molecule has 3 rings (SSSR count). The molecule has 1 unspecified atom stereocenters. The standard InChI is InChI=1S/C15H19N3/c1-16-13-6-7-15-11(8-13)4-3-5-14(15)12-9-17-18(2)10-12/h3-5,9-10,13,16H,6-8H2,1-2H3. The number of nitrogens with one attached hydrogen (secondary N) is 1. The Bertz CT molecular complexity index is 557. The zero-order valence-electron chi connectivity index (χ0n) is 11.0. The van der Waals surface area contributed by atoms with Crippen molar-refractivity contribution in [1.82, 2.24) is 15.1 Å². The molecule has 0 aliphatic heterocycles. The van der Waals surface area contributed by atoms with Crippen LogP contribution < -0.4 is 5.32 Å². The second-order valence-electron chi connectivity index (χ2n) is 5.07. The number of benzene rings is 1. The van der Waals surface area contributed by atoms with Gasteiger partial charge in [-0.1, -0.05) is 18.2 Å². The van der Waals surface area contributed by atoms with Crippen molar-refractivity contribution in [1.29, 1.82) is 0 Å². The monoisotopic (exact) mass is 241 g/mol. The topological polar surface area (TPSA) is 29.9 Å². The molecule has 0 amide bonds. The molecule has 1 heterocycles. The molecule has 0 spiro atoms. The van der Waals surface area contributed by atoms with Gasteiger partial charge in [-0.25, -0.2) is 0 Å². The van der Waals surface area contributed by atoms with Crippen LogP contribution >= 0.6 is 0 Å². The average Bonchev–Trinajstić information content (AvgIpc) is 2.84. The number of aromatic nitrogens is 2. The maximum atomic E-state index is 4.28. The molecular formula is C15H19N3.